The fourth-order valence-corrected chi connectivity index (χ4v) is 4.10. The number of fused-ring (bicyclic) bond motifs is 1. The molecule has 0 saturated carbocycles. The zero-order valence-electron chi connectivity index (χ0n) is 19.6. The van der Waals surface area contributed by atoms with Crippen LogP contribution in [0, 0.1) is 0 Å². The minimum Gasteiger partial charge on any atom is -0.401 e. The van der Waals surface area contributed by atoms with Crippen molar-refractivity contribution < 1.29 is 47.4 Å². The Kier molecular flexibility index (Phi) is 11.3. The lowest BCUT2D eigenvalue weighted by Gasteiger charge is -2.26. The predicted octanol–water partition coefficient (Wildman–Crippen LogP) is -0.938. The minimum atomic E-state index is -4.12. The van der Waals surface area contributed by atoms with E-state index >= 15 is 0 Å². The van der Waals surface area contributed by atoms with Crippen molar-refractivity contribution in [3.05, 3.63) is 12.7 Å². The summed E-state index contributed by atoms with van der Waals surface area (Å²) in [6.07, 6.45) is 0.802. The standard InChI is InChI=1S/C10H15N6O5P.C7H16NO5P/c11-9-8-10(14-3-13-9)16(4-15-8)7-1-5(17)6(21-7)2-20-22(12,18)19;1-3-11-7(14-10,12-4-2)13-6(9)5-8/h3-7,17H,1-2H2,(H2,11,13,14)(H3,12,18,19);3-5,8,14H2,1-2H3/t5-,6+,7+;/m0./s1. The van der Waals surface area contributed by atoms with Gasteiger partial charge in [-0.05, 0) is 13.8 Å². The smallest absolute Gasteiger partial charge is 0.400 e. The molecule has 19 heteroatoms. The predicted molar refractivity (Wildman–Crippen MR) is 126 cm³/mol. The van der Waals surface area contributed by atoms with Gasteiger partial charge < -0.3 is 45.0 Å². The fraction of sp³-hybridized carbons (Fsp3) is 0.647. The number of carbonyl (C=O) groups is 1. The van der Waals surface area contributed by atoms with Gasteiger partial charge in [-0.2, -0.15) is 0 Å². The Morgan fingerprint density at radius 3 is 2.56 bits per heavy atom. The number of nitrogens with zero attached hydrogens (tertiary/aromatic N) is 4. The normalized spacial score (nSPS) is 21.9. The highest BCUT2D eigenvalue weighted by molar-refractivity contribution is 7.50. The molecule has 0 aromatic carbocycles. The average Bonchev–Trinajstić information content (AvgIpc) is 3.42. The monoisotopic (exact) mass is 555 g/mol. The molecule has 0 spiro atoms. The lowest BCUT2D eigenvalue weighted by atomic mass is 10.2. The van der Waals surface area contributed by atoms with Gasteiger partial charge in [0.2, 0.25) is 0 Å². The quantitative estimate of drug-likeness (QED) is 0.127. The second-order valence-electron chi connectivity index (χ2n) is 7.14. The first-order valence-electron chi connectivity index (χ1n) is 10.7. The molecule has 0 bridgehead atoms. The van der Waals surface area contributed by atoms with Crippen molar-refractivity contribution in [2.45, 2.75) is 44.4 Å². The van der Waals surface area contributed by atoms with Crippen molar-refractivity contribution in [1.82, 2.24) is 19.5 Å². The van der Waals surface area contributed by atoms with Crippen LogP contribution in [0.25, 0.3) is 11.2 Å². The molecule has 1 aliphatic rings. The van der Waals surface area contributed by atoms with Gasteiger partial charge in [-0.15, -0.1) is 0 Å². The summed E-state index contributed by atoms with van der Waals surface area (Å²) in [7, 11) is -5.67. The molecule has 0 amide bonds. The molecule has 2 unspecified atom stereocenters. The van der Waals surface area contributed by atoms with E-state index in [1.165, 1.54) is 12.7 Å². The van der Waals surface area contributed by atoms with Crippen molar-refractivity contribution in [2.24, 2.45) is 11.2 Å². The Morgan fingerprint density at radius 1 is 1.33 bits per heavy atom. The summed E-state index contributed by atoms with van der Waals surface area (Å²) < 4.78 is 48.4. The molecule has 0 radical (unpaired) electrons. The molecule has 1 aliphatic heterocycles. The van der Waals surface area contributed by atoms with Crippen LogP contribution in [0.3, 0.4) is 0 Å². The lowest BCUT2D eigenvalue weighted by Crippen LogP contribution is -2.37. The van der Waals surface area contributed by atoms with Crippen LogP contribution in [0.2, 0.25) is 0 Å². The van der Waals surface area contributed by atoms with Crippen molar-refractivity contribution in [3.63, 3.8) is 0 Å². The van der Waals surface area contributed by atoms with Gasteiger partial charge in [0.05, 0.1) is 38.8 Å². The van der Waals surface area contributed by atoms with E-state index in [-0.39, 0.29) is 38.6 Å². The van der Waals surface area contributed by atoms with Crippen LogP contribution in [0.15, 0.2) is 12.7 Å². The molecule has 3 heterocycles. The Hall–Kier alpha value is -2.04. The molecular weight excluding hydrogens is 524 g/mol. The average molecular weight is 555 g/mol. The number of imidazole rings is 1. The number of hydrogen-bond donors (Lipinski definition) is 5. The number of ether oxygens (including phenoxy) is 4. The van der Waals surface area contributed by atoms with E-state index in [1.54, 1.807) is 18.4 Å². The first-order valence-corrected chi connectivity index (χ1v) is 13.4. The van der Waals surface area contributed by atoms with Crippen LogP contribution in [0.5, 0.6) is 0 Å². The van der Waals surface area contributed by atoms with Gasteiger partial charge in [-0.25, -0.2) is 25.0 Å². The van der Waals surface area contributed by atoms with E-state index in [9.17, 15) is 19.0 Å². The van der Waals surface area contributed by atoms with E-state index < -0.39 is 46.3 Å². The van der Waals surface area contributed by atoms with Crippen LogP contribution in [0.1, 0.15) is 26.5 Å². The Bertz CT molecular complexity index is 1060. The largest absolute Gasteiger partial charge is 0.401 e. The summed E-state index contributed by atoms with van der Waals surface area (Å²) in [4.78, 5) is 31.9. The highest BCUT2D eigenvalue weighted by atomic mass is 31.2. The van der Waals surface area contributed by atoms with E-state index in [2.05, 4.69) is 19.5 Å². The van der Waals surface area contributed by atoms with Crippen LogP contribution in [-0.2, 0) is 37.4 Å². The molecule has 2 aromatic heterocycles. The molecule has 5 atom stereocenters. The zero-order chi connectivity index (χ0) is 26.9. The second-order valence-corrected chi connectivity index (χ2v) is 9.47. The van der Waals surface area contributed by atoms with Crippen molar-refractivity contribution in [1.29, 1.82) is 0 Å². The molecular formula is C17H31N7O10P2. The molecule has 0 aliphatic carbocycles. The summed E-state index contributed by atoms with van der Waals surface area (Å²) in [5.74, 6) is -0.471. The van der Waals surface area contributed by atoms with Gasteiger partial charge in [-0.3, -0.25) is 13.9 Å². The Morgan fingerprint density at radius 2 is 2.00 bits per heavy atom. The summed E-state index contributed by atoms with van der Waals surface area (Å²) in [5, 5.41) is 9.97. The van der Waals surface area contributed by atoms with E-state index in [0.29, 0.717) is 11.2 Å². The van der Waals surface area contributed by atoms with Crippen molar-refractivity contribution in [2.75, 3.05) is 32.1 Å². The first-order chi connectivity index (χ1) is 17.0. The van der Waals surface area contributed by atoms with E-state index in [1.807, 2.05) is 0 Å². The number of esters is 1. The van der Waals surface area contributed by atoms with Crippen LogP contribution >= 0.6 is 16.2 Å². The third-order valence-corrected chi connectivity index (χ3v) is 5.84. The third kappa shape index (κ3) is 8.24. The zero-order valence-corrected chi connectivity index (χ0v) is 21.7. The molecule has 1 saturated heterocycles. The molecule has 2 aromatic rings. The Balaban J connectivity index is 0.000000284. The Labute approximate surface area is 207 Å². The number of anilines is 1. The van der Waals surface area contributed by atoms with E-state index in [4.69, 9.17) is 40.8 Å². The maximum Gasteiger partial charge on any atom is 0.400 e. The number of hydrogen-bond acceptors (Lipinski definition) is 14. The minimum absolute atomic E-state index is 0.229. The van der Waals surface area contributed by atoms with Gasteiger partial charge in [-0.1, -0.05) is 0 Å². The molecule has 8 N–H and O–H groups in total. The van der Waals surface area contributed by atoms with Crippen molar-refractivity contribution in [3.8, 4) is 0 Å². The summed E-state index contributed by atoms with van der Waals surface area (Å²) >= 11 is 0. The van der Waals surface area contributed by atoms with Gasteiger partial charge >= 0.3 is 19.4 Å². The lowest BCUT2D eigenvalue weighted by molar-refractivity contribution is -0.302. The molecule has 1 fully saturated rings. The topological polar surface area (TPSA) is 259 Å². The molecule has 204 valence electrons. The first kappa shape index (κ1) is 30.2. The highest BCUT2D eigenvalue weighted by Crippen LogP contribution is 2.36. The SMILES string of the molecule is CCOC(OCC)(OC(=O)CN)[PH2]=O.Nc1ncnc2c1ncn2[C@H]1C[C@H](O)[C@@H](COP(N)(=O)O)O1. The van der Waals surface area contributed by atoms with E-state index in [0.717, 1.165) is 0 Å². The number of nitrogen functional groups attached to an aromatic ring is 1. The maximum absolute atomic E-state index is 10.9. The fourth-order valence-electron chi connectivity index (χ4n) is 3.09. The van der Waals surface area contributed by atoms with Crippen molar-refractivity contribution >= 4 is 39.2 Å². The van der Waals surface area contributed by atoms with Crippen LogP contribution < -0.4 is 17.0 Å². The van der Waals surface area contributed by atoms with Gasteiger partial charge in [0.25, 0.3) is 0 Å². The van der Waals surface area contributed by atoms with Crippen LogP contribution in [0.4, 0.5) is 5.82 Å². The summed E-state index contributed by atoms with van der Waals surface area (Å²) in [6, 6.07) is 0. The number of aliphatic hydroxyl groups excluding tert-OH is 1. The number of carbonyl (C=O) groups excluding carboxylic acids is 1. The number of rotatable bonds is 11. The second kappa shape index (κ2) is 13.5. The molecule has 36 heavy (non-hydrogen) atoms. The molecule has 17 nitrogen and oxygen atoms in total. The number of nitrogens with two attached hydrogens (primary N) is 3. The van der Waals surface area contributed by atoms with Crippen LogP contribution in [-0.4, -0.2) is 79.8 Å². The maximum atomic E-state index is 10.9. The molecule has 3 rings (SSSR count). The van der Waals surface area contributed by atoms with Gasteiger partial charge in [0.15, 0.2) is 19.9 Å². The van der Waals surface area contributed by atoms with Gasteiger partial charge in [0.1, 0.15) is 24.2 Å². The third-order valence-electron chi connectivity index (χ3n) is 4.58. The number of aromatic nitrogens is 4. The summed E-state index contributed by atoms with van der Waals surface area (Å²) in [5.41, 5.74) is 14.8. The number of aliphatic hydroxyl groups is 1. The summed E-state index contributed by atoms with van der Waals surface area (Å²) in [6.45, 7) is 3.21. The highest BCUT2D eigenvalue weighted by Gasteiger charge is 2.37. The van der Waals surface area contributed by atoms with Gasteiger partial charge in [0, 0.05) is 6.42 Å².